The van der Waals surface area contributed by atoms with Crippen molar-refractivity contribution in [2.45, 2.75) is 6.54 Å². The monoisotopic (exact) mass is 217 g/mol. The summed E-state index contributed by atoms with van der Waals surface area (Å²) < 4.78 is 4.17. The smallest absolute Gasteiger partial charge is 0.243 e. The molecule has 0 saturated heterocycles. The SMILES string of the molecule is Cn1cc[n+](CCNc2cccc(N)c2)c1. The van der Waals surface area contributed by atoms with Crippen LogP contribution in [0.1, 0.15) is 0 Å². The van der Waals surface area contributed by atoms with Crippen LogP contribution in [-0.2, 0) is 13.6 Å². The summed E-state index contributed by atoms with van der Waals surface area (Å²) in [6.07, 6.45) is 6.14. The molecule has 0 saturated carbocycles. The minimum Gasteiger partial charge on any atom is -0.399 e. The van der Waals surface area contributed by atoms with E-state index in [0.29, 0.717) is 0 Å². The van der Waals surface area contributed by atoms with Crippen LogP contribution >= 0.6 is 0 Å². The van der Waals surface area contributed by atoms with Gasteiger partial charge < -0.3 is 11.1 Å². The average molecular weight is 217 g/mol. The molecule has 0 spiro atoms. The number of benzene rings is 1. The van der Waals surface area contributed by atoms with Crippen LogP contribution < -0.4 is 15.6 Å². The second kappa shape index (κ2) is 4.70. The predicted molar refractivity (Wildman–Crippen MR) is 65.0 cm³/mol. The van der Waals surface area contributed by atoms with E-state index in [4.69, 9.17) is 5.73 Å². The first kappa shape index (κ1) is 10.5. The van der Waals surface area contributed by atoms with E-state index in [9.17, 15) is 0 Å². The zero-order valence-corrected chi connectivity index (χ0v) is 9.43. The number of hydrogen-bond acceptors (Lipinski definition) is 2. The number of nitrogens with two attached hydrogens (primary N) is 1. The number of nitrogens with zero attached hydrogens (tertiary/aromatic N) is 2. The summed E-state index contributed by atoms with van der Waals surface area (Å²) in [4.78, 5) is 0. The largest absolute Gasteiger partial charge is 0.399 e. The molecule has 0 unspecified atom stereocenters. The molecule has 4 heteroatoms. The molecule has 0 amide bonds. The van der Waals surface area contributed by atoms with Gasteiger partial charge in [0.2, 0.25) is 6.33 Å². The van der Waals surface area contributed by atoms with Crippen molar-refractivity contribution in [2.75, 3.05) is 17.6 Å². The first-order chi connectivity index (χ1) is 7.74. The molecule has 0 bridgehead atoms. The second-order valence-electron chi connectivity index (χ2n) is 3.87. The van der Waals surface area contributed by atoms with Crippen LogP contribution in [0.5, 0.6) is 0 Å². The Balaban J connectivity index is 1.84. The fraction of sp³-hybridized carbons (Fsp3) is 0.250. The van der Waals surface area contributed by atoms with Crippen molar-refractivity contribution < 1.29 is 4.57 Å². The van der Waals surface area contributed by atoms with Gasteiger partial charge >= 0.3 is 0 Å². The highest BCUT2D eigenvalue weighted by Gasteiger charge is 1.99. The molecule has 84 valence electrons. The van der Waals surface area contributed by atoms with Gasteiger partial charge in [0.05, 0.1) is 13.6 Å². The molecule has 0 fully saturated rings. The standard InChI is InChI=1S/C12H17N4/c1-15-7-8-16(10-15)6-5-14-12-4-2-3-11(13)9-12/h2-4,7-10,14H,5-6,13H2,1H3/q+1. The van der Waals surface area contributed by atoms with Gasteiger partial charge in [-0.3, -0.25) is 0 Å². The number of hydrogen-bond donors (Lipinski definition) is 2. The topological polar surface area (TPSA) is 46.9 Å². The second-order valence-corrected chi connectivity index (χ2v) is 3.87. The Bertz CT molecular complexity index is 462. The molecule has 2 rings (SSSR count). The molecule has 0 atom stereocenters. The first-order valence-electron chi connectivity index (χ1n) is 5.34. The van der Waals surface area contributed by atoms with Crippen LogP contribution in [-0.4, -0.2) is 11.1 Å². The molecule has 1 aromatic carbocycles. The van der Waals surface area contributed by atoms with Crippen molar-refractivity contribution in [3.8, 4) is 0 Å². The Morgan fingerprint density at radius 3 is 3.00 bits per heavy atom. The normalized spacial score (nSPS) is 10.3. The molecule has 1 aromatic heterocycles. The van der Waals surface area contributed by atoms with Crippen LogP contribution in [0.25, 0.3) is 0 Å². The van der Waals surface area contributed by atoms with Crippen LogP contribution in [0.15, 0.2) is 43.0 Å². The number of aromatic nitrogens is 2. The average Bonchev–Trinajstić information content (AvgIpc) is 2.64. The van der Waals surface area contributed by atoms with E-state index in [0.717, 1.165) is 24.5 Å². The number of aryl methyl sites for hydroxylation is 1. The van der Waals surface area contributed by atoms with Gasteiger partial charge in [0.1, 0.15) is 18.9 Å². The Labute approximate surface area is 95.3 Å². The minimum atomic E-state index is 0.789. The van der Waals surface area contributed by atoms with Crippen molar-refractivity contribution in [1.29, 1.82) is 0 Å². The number of imidazole rings is 1. The van der Waals surface area contributed by atoms with Crippen LogP contribution in [0, 0.1) is 0 Å². The van der Waals surface area contributed by atoms with E-state index in [1.54, 1.807) is 0 Å². The Morgan fingerprint density at radius 1 is 1.44 bits per heavy atom. The molecule has 0 radical (unpaired) electrons. The number of anilines is 2. The highest BCUT2D eigenvalue weighted by molar-refractivity contribution is 5.53. The Kier molecular flexibility index (Phi) is 3.10. The van der Waals surface area contributed by atoms with Gasteiger partial charge in [-0.05, 0) is 18.2 Å². The zero-order valence-electron chi connectivity index (χ0n) is 9.43. The molecule has 16 heavy (non-hydrogen) atoms. The number of rotatable bonds is 4. The Hall–Kier alpha value is -1.97. The van der Waals surface area contributed by atoms with Crippen molar-refractivity contribution in [3.05, 3.63) is 43.0 Å². The van der Waals surface area contributed by atoms with E-state index in [1.165, 1.54) is 0 Å². The molecule has 0 aliphatic heterocycles. The van der Waals surface area contributed by atoms with Crippen molar-refractivity contribution in [1.82, 2.24) is 4.57 Å². The lowest BCUT2D eigenvalue weighted by Gasteiger charge is -2.05. The van der Waals surface area contributed by atoms with Crippen LogP contribution in [0.2, 0.25) is 0 Å². The molecular weight excluding hydrogens is 200 g/mol. The lowest BCUT2D eigenvalue weighted by molar-refractivity contribution is -0.693. The van der Waals surface area contributed by atoms with Gasteiger partial charge in [-0.15, -0.1) is 0 Å². The molecule has 1 heterocycles. The molecule has 0 aliphatic carbocycles. The van der Waals surface area contributed by atoms with Crippen LogP contribution in [0.4, 0.5) is 11.4 Å². The zero-order chi connectivity index (χ0) is 11.4. The third-order valence-electron chi connectivity index (χ3n) is 2.41. The summed E-state index contributed by atoms with van der Waals surface area (Å²) in [6.45, 7) is 1.83. The van der Waals surface area contributed by atoms with E-state index in [2.05, 4.69) is 22.4 Å². The molecule has 4 nitrogen and oxygen atoms in total. The van der Waals surface area contributed by atoms with Crippen LogP contribution in [0.3, 0.4) is 0 Å². The minimum absolute atomic E-state index is 0.789. The third-order valence-corrected chi connectivity index (χ3v) is 2.41. The summed E-state index contributed by atoms with van der Waals surface area (Å²) in [5.41, 5.74) is 7.55. The maximum Gasteiger partial charge on any atom is 0.243 e. The molecule has 2 aromatic rings. The van der Waals surface area contributed by atoms with Gasteiger partial charge in [0.15, 0.2) is 0 Å². The fourth-order valence-electron chi connectivity index (χ4n) is 1.61. The van der Waals surface area contributed by atoms with Gasteiger partial charge in [0.25, 0.3) is 0 Å². The summed E-state index contributed by atoms with van der Waals surface area (Å²) in [7, 11) is 2.02. The lowest BCUT2D eigenvalue weighted by atomic mass is 10.3. The maximum atomic E-state index is 5.70. The van der Waals surface area contributed by atoms with Gasteiger partial charge in [0, 0.05) is 11.4 Å². The Morgan fingerprint density at radius 2 is 2.31 bits per heavy atom. The predicted octanol–water partition coefficient (Wildman–Crippen LogP) is 1.01. The van der Waals surface area contributed by atoms with Gasteiger partial charge in [-0.1, -0.05) is 6.07 Å². The summed E-state index contributed by atoms with van der Waals surface area (Å²) >= 11 is 0. The van der Waals surface area contributed by atoms with E-state index < -0.39 is 0 Å². The van der Waals surface area contributed by atoms with Gasteiger partial charge in [-0.2, -0.15) is 0 Å². The highest BCUT2D eigenvalue weighted by Crippen LogP contribution is 2.10. The maximum absolute atomic E-state index is 5.70. The van der Waals surface area contributed by atoms with E-state index in [1.807, 2.05) is 42.1 Å². The molecule has 0 aliphatic rings. The molecular formula is C12H17N4+. The van der Waals surface area contributed by atoms with Crippen molar-refractivity contribution >= 4 is 11.4 Å². The van der Waals surface area contributed by atoms with E-state index in [-0.39, 0.29) is 0 Å². The van der Waals surface area contributed by atoms with Crippen molar-refractivity contribution in [3.63, 3.8) is 0 Å². The van der Waals surface area contributed by atoms with E-state index >= 15 is 0 Å². The van der Waals surface area contributed by atoms with Gasteiger partial charge in [-0.25, -0.2) is 9.13 Å². The molecule has 3 N–H and O–H groups in total. The summed E-state index contributed by atoms with van der Waals surface area (Å²) in [5, 5.41) is 3.33. The fourth-order valence-corrected chi connectivity index (χ4v) is 1.61. The highest BCUT2D eigenvalue weighted by atomic mass is 15.1. The summed E-state index contributed by atoms with van der Waals surface area (Å²) in [6, 6.07) is 7.80. The lowest BCUT2D eigenvalue weighted by Crippen LogP contribution is -2.34. The van der Waals surface area contributed by atoms with Crippen molar-refractivity contribution in [2.24, 2.45) is 7.05 Å². The first-order valence-corrected chi connectivity index (χ1v) is 5.34. The quantitative estimate of drug-likeness (QED) is 0.593. The number of nitrogens with one attached hydrogen (secondary N) is 1. The number of nitrogen functional groups attached to an aromatic ring is 1. The summed E-state index contributed by atoms with van der Waals surface area (Å²) in [5.74, 6) is 0. The third kappa shape index (κ3) is 2.76.